The van der Waals surface area contributed by atoms with E-state index in [0.717, 1.165) is 32.7 Å². The molecule has 0 aromatic carbocycles. The molecule has 1 unspecified atom stereocenters. The van der Waals surface area contributed by atoms with Gasteiger partial charge in [-0.05, 0) is 24.9 Å². The molecule has 0 aliphatic carbocycles. The molecule has 2 fully saturated rings. The molecular weight excluding hydrogens is 408 g/mol. The third-order valence-electron chi connectivity index (χ3n) is 5.40. The molecule has 3 heterocycles. The third-order valence-corrected chi connectivity index (χ3v) is 8.67. The highest BCUT2D eigenvalue weighted by Gasteiger charge is 2.34. The standard InChI is InChI=1S/C17H28N4O3S2.ClH/c1-3-18-6-8-20(9-7-18)17(22)15(2)19-10-12-21(13-11-19)26(23,24)16-5-4-14-25-16;/h4-5,14-15H,3,6-13H2,1-2H3;1H. The van der Waals surface area contributed by atoms with Gasteiger partial charge >= 0.3 is 0 Å². The minimum atomic E-state index is -3.39. The van der Waals surface area contributed by atoms with Gasteiger partial charge in [0.15, 0.2) is 0 Å². The second-order valence-electron chi connectivity index (χ2n) is 6.81. The van der Waals surface area contributed by atoms with Gasteiger partial charge in [-0.2, -0.15) is 4.31 Å². The highest BCUT2D eigenvalue weighted by atomic mass is 35.5. The van der Waals surface area contributed by atoms with Crippen molar-refractivity contribution >= 4 is 39.7 Å². The predicted octanol–water partition coefficient (Wildman–Crippen LogP) is 1.03. The molecule has 0 bridgehead atoms. The SMILES string of the molecule is CCN1CCN(C(=O)C(C)N2CCN(S(=O)(=O)c3cccs3)CC2)CC1.Cl. The zero-order chi connectivity index (χ0) is 18.7. The molecule has 3 rings (SSSR count). The molecule has 0 spiro atoms. The lowest BCUT2D eigenvalue weighted by molar-refractivity contribution is -0.138. The van der Waals surface area contributed by atoms with Crippen LogP contribution in [0.2, 0.25) is 0 Å². The number of carbonyl (C=O) groups excluding carboxylic acids is 1. The molecule has 0 N–H and O–H groups in total. The second-order valence-corrected chi connectivity index (χ2v) is 9.92. The lowest BCUT2D eigenvalue weighted by atomic mass is 10.2. The number of hydrogen-bond donors (Lipinski definition) is 0. The molecule has 0 saturated carbocycles. The van der Waals surface area contributed by atoms with Crippen LogP contribution in [-0.4, -0.2) is 98.3 Å². The maximum Gasteiger partial charge on any atom is 0.252 e. The summed E-state index contributed by atoms with van der Waals surface area (Å²) in [5, 5.41) is 1.78. The van der Waals surface area contributed by atoms with Gasteiger partial charge in [0.2, 0.25) is 5.91 Å². The van der Waals surface area contributed by atoms with E-state index in [4.69, 9.17) is 0 Å². The van der Waals surface area contributed by atoms with Crippen LogP contribution in [0.15, 0.2) is 21.7 Å². The summed E-state index contributed by atoms with van der Waals surface area (Å²) in [6, 6.07) is 3.20. The quantitative estimate of drug-likeness (QED) is 0.689. The Kier molecular flexibility index (Phi) is 8.08. The fourth-order valence-electron chi connectivity index (χ4n) is 3.57. The number of piperazine rings is 2. The van der Waals surface area contributed by atoms with Crippen LogP contribution in [-0.2, 0) is 14.8 Å². The number of thiophene rings is 1. The van der Waals surface area contributed by atoms with Crippen LogP contribution in [0.4, 0.5) is 0 Å². The number of carbonyl (C=O) groups is 1. The van der Waals surface area contributed by atoms with Crippen molar-refractivity contribution < 1.29 is 13.2 Å². The second kappa shape index (κ2) is 9.67. The molecule has 1 atom stereocenters. The van der Waals surface area contributed by atoms with E-state index < -0.39 is 10.0 Å². The van der Waals surface area contributed by atoms with Crippen molar-refractivity contribution in [2.45, 2.75) is 24.1 Å². The summed E-state index contributed by atoms with van der Waals surface area (Å²) in [5.74, 6) is 0.162. The Morgan fingerprint density at radius 3 is 2.26 bits per heavy atom. The lowest BCUT2D eigenvalue weighted by Gasteiger charge is -2.40. The lowest BCUT2D eigenvalue weighted by Crippen LogP contribution is -2.57. The van der Waals surface area contributed by atoms with E-state index in [1.807, 2.05) is 11.8 Å². The van der Waals surface area contributed by atoms with Crippen molar-refractivity contribution in [1.82, 2.24) is 19.0 Å². The highest BCUT2D eigenvalue weighted by Crippen LogP contribution is 2.22. The summed E-state index contributed by atoms with van der Waals surface area (Å²) in [5.41, 5.74) is 0. The molecule has 1 amide bonds. The van der Waals surface area contributed by atoms with E-state index in [-0.39, 0.29) is 24.4 Å². The molecule has 1 aromatic heterocycles. The smallest absolute Gasteiger partial charge is 0.252 e. The van der Waals surface area contributed by atoms with Gasteiger partial charge in [-0.3, -0.25) is 9.69 Å². The Morgan fingerprint density at radius 1 is 1.11 bits per heavy atom. The van der Waals surface area contributed by atoms with Crippen LogP contribution in [0.5, 0.6) is 0 Å². The molecule has 0 radical (unpaired) electrons. The number of amides is 1. The summed E-state index contributed by atoms with van der Waals surface area (Å²) < 4.78 is 27.1. The van der Waals surface area contributed by atoms with E-state index in [1.165, 1.54) is 15.6 Å². The summed E-state index contributed by atoms with van der Waals surface area (Å²) in [6.07, 6.45) is 0. The molecule has 2 aliphatic rings. The number of nitrogens with zero attached hydrogens (tertiary/aromatic N) is 4. The average molecular weight is 437 g/mol. The summed E-state index contributed by atoms with van der Waals surface area (Å²) in [7, 11) is -3.39. The molecule has 7 nitrogen and oxygen atoms in total. The van der Waals surface area contributed by atoms with Crippen molar-refractivity contribution in [3.05, 3.63) is 17.5 Å². The first-order valence-electron chi connectivity index (χ1n) is 9.22. The van der Waals surface area contributed by atoms with Gasteiger partial charge in [0.05, 0.1) is 6.04 Å². The molecule has 154 valence electrons. The summed E-state index contributed by atoms with van der Waals surface area (Å²) in [4.78, 5) is 19.2. The van der Waals surface area contributed by atoms with Gasteiger partial charge in [0.1, 0.15) is 4.21 Å². The van der Waals surface area contributed by atoms with Gasteiger partial charge in [0.25, 0.3) is 10.0 Å². The Bertz CT molecular complexity index is 698. The Balaban J connectivity index is 0.00000261. The third kappa shape index (κ3) is 5.02. The van der Waals surface area contributed by atoms with E-state index in [9.17, 15) is 13.2 Å². The normalized spacial score (nSPS) is 21.6. The Morgan fingerprint density at radius 2 is 1.74 bits per heavy atom. The minimum absolute atomic E-state index is 0. The van der Waals surface area contributed by atoms with Crippen LogP contribution in [0, 0.1) is 0 Å². The summed E-state index contributed by atoms with van der Waals surface area (Å²) >= 11 is 1.25. The van der Waals surface area contributed by atoms with E-state index in [1.54, 1.807) is 17.5 Å². The van der Waals surface area contributed by atoms with Crippen LogP contribution >= 0.6 is 23.7 Å². The molecule has 1 aromatic rings. The number of sulfonamides is 1. The van der Waals surface area contributed by atoms with Crippen molar-refractivity contribution in [2.24, 2.45) is 0 Å². The van der Waals surface area contributed by atoms with E-state index >= 15 is 0 Å². The van der Waals surface area contributed by atoms with Crippen molar-refractivity contribution in [3.63, 3.8) is 0 Å². The first-order chi connectivity index (χ1) is 12.4. The minimum Gasteiger partial charge on any atom is -0.339 e. The Hall–Kier alpha value is -0.710. The van der Waals surface area contributed by atoms with E-state index in [2.05, 4.69) is 16.7 Å². The zero-order valence-electron chi connectivity index (χ0n) is 15.9. The van der Waals surface area contributed by atoms with Gasteiger partial charge in [0, 0.05) is 52.4 Å². The monoisotopic (exact) mass is 436 g/mol. The number of rotatable bonds is 5. The summed E-state index contributed by atoms with van der Waals surface area (Å²) in [6.45, 7) is 10.6. The number of hydrogen-bond acceptors (Lipinski definition) is 6. The van der Waals surface area contributed by atoms with Crippen LogP contribution < -0.4 is 0 Å². The largest absolute Gasteiger partial charge is 0.339 e. The fourth-order valence-corrected chi connectivity index (χ4v) is 6.14. The highest BCUT2D eigenvalue weighted by molar-refractivity contribution is 7.91. The molecule has 27 heavy (non-hydrogen) atoms. The van der Waals surface area contributed by atoms with Gasteiger partial charge in [-0.25, -0.2) is 8.42 Å². The number of halogens is 1. The topological polar surface area (TPSA) is 64.2 Å². The zero-order valence-corrected chi connectivity index (χ0v) is 18.4. The first-order valence-corrected chi connectivity index (χ1v) is 11.5. The molecule has 2 saturated heterocycles. The molecular formula is C17H29ClN4O3S2. The fraction of sp³-hybridized carbons (Fsp3) is 0.706. The average Bonchev–Trinajstić information content (AvgIpc) is 3.23. The van der Waals surface area contributed by atoms with Crippen molar-refractivity contribution in [1.29, 1.82) is 0 Å². The van der Waals surface area contributed by atoms with Crippen LogP contribution in [0.1, 0.15) is 13.8 Å². The maximum atomic E-state index is 12.8. The van der Waals surface area contributed by atoms with Gasteiger partial charge in [-0.15, -0.1) is 23.7 Å². The van der Waals surface area contributed by atoms with Crippen molar-refractivity contribution in [2.75, 3.05) is 58.9 Å². The number of likely N-dealkylation sites (N-methyl/N-ethyl adjacent to an activating group) is 1. The first kappa shape index (κ1) is 22.6. The predicted molar refractivity (Wildman–Crippen MR) is 110 cm³/mol. The van der Waals surface area contributed by atoms with Crippen molar-refractivity contribution in [3.8, 4) is 0 Å². The van der Waals surface area contributed by atoms with E-state index in [0.29, 0.717) is 30.4 Å². The molecule has 2 aliphatic heterocycles. The van der Waals surface area contributed by atoms with Crippen LogP contribution in [0.25, 0.3) is 0 Å². The molecule has 10 heteroatoms. The maximum absolute atomic E-state index is 12.8. The Labute approximate surface area is 172 Å². The van der Waals surface area contributed by atoms with Crippen LogP contribution in [0.3, 0.4) is 0 Å². The van der Waals surface area contributed by atoms with Gasteiger partial charge in [-0.1, -0.05) is 13.0 Å². The van der Waals surface area contributed by atoms with Gasteiger partial charge < -0.3 is 9.80 Å².